The molecule has 20 heavy (non-hydrogen) atoms. The normalized spacial score (nSPS) is 10.4. The second-order valence-corrected chi connectivity index (χ2v) is 5.91. The Morgan fingerprint density at radius 2 is 2.00 bits per heavy atom. The van der Waals surface area contributed by atoms with E-state index in [1.54, 1.807) is 0 Å². The summed E-state index contributed by atoms with van der Waals surface area (Å²) >= 11 is 8.57. The Hall–Kier alpha value is -1.81. The van der Waals surface area contributed by atoms with Crippen molar-refractivity contribution in [3.8, 4) is 5.40 Å². The summed E-state index contributed by atoms with van der Waals surface area (Å²) in [5.74, 6) is 0.682. The first kappa shape index (κ1) is 13.2. The molecule has 3 rings (SSSR count). The molecule has 0 saturated carbocycles. The van der Waals surface area contributed by atoms with Gasteiger partial charge in [0.2, 0.25) is 5.28 Å². The van der Waals surface area contributed by atoms with Crippen LogP contribution in [0.1, 0.15) is 0 Å². The van der Waals surface area contributed by atoms with Crippen molar-refractivity contribution in [2.75, 3.05) is 5.32 Å². The van der Waals surface area contributed by atoms with Gasteiger partial charge in [-0.1, -0.05) is 0 Å². The summed E-state index contributed by atoms with van der Waals surface area (Å²) in [5, 5.41) is 17.0. The SMILES string of the molecule is N#CSc1ccc(Nc2nc(Cl)nc3sccc23)cc1. The van der Waals surface area contributed by atoms with Crippen LogP contribution in [-0.2, 0) is 0 Å². The minimum absolute atomic E-state index is 0.221. The maximum absolute atomic E-state index is 8.62. The molecule has 0 bridgehead atoms. The molecule has 7 heteroatoms. The number of fused-ring (bicyclic) bond motifs is 1. The molecule has 0 aliphatic heterocycles. The molecule has 0 fully saturated rings. The van der Waals surface area contributed by atoms with E-state index in [0.29, 0.717) is 5.82 Å². The number of aromatic nitrogens is 2. The van der Waals surface area contributed by atoms with Crippen molar-refractivity contribution in [1.82, 2.24) is 9.97 Å². The Morgan fingerprint density at radius 3 is 2.75 bits per heavy atom. The molecule has 3 aromatic rings. The maximum Gasteiger partial charge on any atom is 0.225 e. The number of benzene rings is 1. The van der Waals surface area contributed by atoms with Crippen molar-refractivity contribution in [2.24, 2.45) is 0 Å². The van der Waals surface area contributed by atoms with E-state index in [9.17, 15) is 0 Å². The molecule has 0 saturated heterocycles. The number of thiophene rings is 1. The van der Waals surface area contributed by atoms with E-state index in [0.717, 1.165) is 32.6 Å². The van der Waals surface area contributed by atoms with Crippen LogP contribution in [-0.4, -0.2) is 9.97 Å². The van der Waals surface area contributed by atoms with Gasteiger partial charge in [0, 0.05) is 10.6 Å². The molecule has 0 spiro atoms. The Bertz CT molecular complexity index is 792. The first-order chi connectivity index (χ1) is 9.76. The standard InChI is InChI=1S/C13H7ClN4S2/c14-13-17-11(10-5-6-19-12(10)18-13)16-8-1-3-9(4-2-8)20-7-15/h1-6H,(H,16,17,18). The highest BCUT2D eigenvalue weighted by Gasteiger charge is 2.08. The van der Waals surface area contributed by atoms with Crippen LogP contribution in [0.4, 0.5) is 11.5 Å². The van der Waals surface area contributed by atoms with Crippen molar-refractivity contribution in [3.05, 3.63) is 41.0 Å². The number of nitriles is 1. The molecule has 2 aromatic heterocycles. The summed E-state index contributed by atoms with van der Waals surface area (Å²) in [7, 11) is 0. The van der Waals surface area contributed by atoms with Gasteiger partial charge < -0.3 is 5.32 Å². The number of hydrogen-bond donors (Lipinski definition) is 1. The van der Waals surface area contributed by atoms with Gasteiger partial charge in [-0.15, -0.1) is 11.3 Å². The molecular weight excluding hydrogens is 312 g/mol. The highest BCUT2D eigenvalue weighted by molar-refractivity contribution is 8.03. The van der Waals surface area contributed by atoms with Crippen LogP contribution in [0.5, 0.6) is 0 Å². The predicted octanol–water partition coefficient (Wildman–Crippen LogP) is 4.66. The summed E-state index contributed by atoms with van der Waals surface area (Å²) in [4.78, 5) is 10.1. The van der Waals surface area contributed by atoms with Crippen molar-refractivity contribution < 1.29 is 0 Å². The Morgan fingerprint density at radius 1 is 1.20 bits per heavy atom. The lowest BCUT2D eigenvalue weighted by Gasteiger charge is -2.07. The van der Waals surface area contributed by atoms with Crippen LogP contribution in [0.25, 0.3) is 10.2 Å². The number of hydrogen-bond acceptors (Lipinski definition) is 6. The molecular formula is C13H7ClN4S2. The van der Waals surface area contributed by atoms with E-state index in [1.807, 2.05) is 41.1 Å². The minimum Gasteiger partial charge on any atom is -0.340 e. The lowest BCUT2D eigenvalue weighted by atomic mass is 10.3. The molecule has 0 amide bonds. The largest absolute Gasteiger partial charge is 0.340 e. The lowest BCUT2D eigenvalue weighted by molar-refractivity contribution is 1.23. The van der Waals surface area contributed by atoms with Crippen molar-refractivity contribution in [2.45, 2.75) is 4.90 Å². The topological polar surface area (TPSA) is 61.6 Å². The fourth-order valence-corrected chi connectivity index (χ4v) is 3.08. The van der Waals surface area contributed by atoms with Gasteiger partial charge in [-0.2, -0.15) is 10.2 Å². The fraction of sp³-hybridized carbons (Fsp3) is 0. The quantitative estimate of drug-likeness (QED) is 0.432. The average Bonchev–Trinajstić information content (AvgIpc) is 2.89. The highest BCUT2D eigenvalue weighted by atomic mass is 35.5. The van der Waals surface area contributed by atoms with Gasteiger partial charge in [0.15, 0.2) is 0 Å². The van der Waals surface area contributed by atoms with E-state index in [4.69, 9.17) is 16.9 Å². The zero-order chi connectivity index (χ0) is 13.9. The molecule has 0 aliphatic rings. The third kappa shape index (κ3) is 2.70. The van der Waals surface area contributed by atoms with E-state index in [-0.39, 0.29) is 5.28 Å². The molecule has 0 atom stereocenters. The third-order valence-electron chi connectivity index (χ3n) is 2.58. The second kappa shape index (κ2) is 5.67. The molecule has 1 N–H and O–H groups in total. The third-order valence-corrected chi connectivity index (χ3v) is 4.15. The summed E-state index contributed by atoms with van der Waals surface area (Å²) < 4.78 is 0. The summed E-state index contributed by atoms with van der Waals surface area (Å²) in [5.41, 5.74) is 0.884. The maximum atomic E-state index is 8.62. The Labute approximate surface area is 128 Å². The smallest absolute Gasteiger partial charge is 0.225 e. The first-order valence-corrected chi connectivity index (χ1v) is 7.67. The zero-order valence-electron chi connectivity index (χ0n) is 10.0. The van der Waals surface area contributed by atoms with Crippen LogP contribution in [0.3, 0.4) is 0 Å². The number of nitrogens with one attached hydrogen (secondary N) is 1. The monoisotopic (exact) mass is 318 g/mol. The molecule has 98 valence electrons. The van der Waals surface area contributed by atoms with Crippen LogP contribution < -0.4 is 5.32 Å². The Balaban J connectivity index is 1.93. The first-order valence-electron chi connectivity index (χ1n) is 5.60. The van der Waals surface area contributed by atoms with Gasteiger partial charge >= 0.3 is 0 Å². The lowest BCUT2D eigenvalue weighted by Crippen LogP contribution is -1.95. The van der Waals surface area contributed by atoms with E-state index in [2.05, 4.69) is 15.3 Å². The second-order valence-electron chi connectivity index (χ2n) is 3.82. The van der Waals surface area contributed by atoms with Crippen molar-refractivity contribution in [3.63, 3.8) is 0 Å². The van der Waals surface area contributed by atoms with Gasteiger partial charge in [-0.05, 0) is 59.1 Å². The number of halogens is 1. The molecule has 0 radical (unpaired) electrons. The van der Waals surface area contributed by atoms with Crippen LogP contribution in [0.2, 0.25) is 5.28 Å². The number of thioether (sulfide) groups is 1. The molecule has 0 unspecified atom stereocenters. The van der Waals surface area contributed by atoms with Gasteiger partial charge in [0.25, 0.3) is 0 Å². The van der Waals surface area contributed by atoms with Crippen LogP contribution in [0, 0.1) is 10.7 Å². The molecule has 2 heterocycles. The van der Waals surface area contributed by atoms with Gasteiger partial charge in [-0.3, -0.25) is 0 Å². The molecule has 4 nitrogen and oxygen atoms in total. The van der Waals surface area contributed by atoms with E-state index in [1.165, 1.54) is 11.3 Å². The molecule has 1 aromatic carbocycles. The van der Waals surface area contributed by atoms with Crippen molar-refractivity contribution >= 4 is 56.4 Å². The predicted molar refractivity (Wildman–Crippen MR) is 83.6 cm³/mol. The van der Waals surface area contributed by atoms with Gasteiger partial charge in [0.05, 0.1) is 5.39 Å². The summed E-state index contributed by atoms with van der Waals surface area (Å²) in [6.45, 7) is 0. The summed E-state index contributed by atoms with van der Waals surface area (Å²) in [6, 6.07) is 9.51. The van der Waals surface area contributed by atoms with Crippen molar-refractivity contribution in [1.29, 1.82) is 5.26 Å². The number of rotatable bonds is 3. The van der Waals surface area contributed by atoms with Gasteiger partial charge in [-0.25, -0.2) is 4.98 Å². The molecule has 0 aliphatic carbocycles. The number of anilines is 2. The Kier molecular flexibility index (Phi) is 3.74. The number of nitrogens with zero attached hydrogens (tertiary/aromatic N) is 3. The van der Waals surface area contributed by atoms with Crippen LogP contribution in [0.15, 0.2) is 40.6 Å². The highest BCUT2D eigenvalue weighted by Crippen LogP contribution is 2.29. The van der Waals surface area contributed by atoms with Gasteiger partial charge in [0.1, 0.15) is 16.0 Å². The average molecular weight is 319 g/mol. The van der Waals surface area contributed by atoms with E-state index < -0.39 is 0 Å². The summed E-state index contributed by atoms with van der Waals surface area (Å²) in [6.07, 6.45) is 0. The fourth-order valence-electron chi connectivity index (χ4n) is 1.72. The minimum atomic E-state index is 0.221. The number of thiocyanates is 1. The zero-order valence-corrected chi connectivity index (χ0v) is 12.4. The van der Waals surface area contributed by atoms with Crippen LogP contribution >= 0.6 is 34.7 Å². The van der Waals surface area contributed by atoms with E-state index >= 15 is 0 Å².